The van der Waals surface area contributed by atoms with E-state index in [4.69, 9.17) is 0 Å². The smallest absolute Gasteiger partial charge is 0.241 e. The summed E-state index contributed by atoms with van der Waals surface area (Å²) in [5.41, 5.74) is 2.24. The molecule has 4 nitrogen and oxygen atoms in total. The predicted octanol–water partition coefficient (Wildman–Crippen LogP) is 0.118. The van der Waals surface area contributed by atoms with E-state index < -0.39 is 0 Å². The minimum atomic E-state index is 0.0597. The van der Waals surface area contributed by atoms with Gasteiger partial charge in [-0.05, 0) is 12.5 Å². The maximum atomic E-state index is 11.2. The number of fused-ring (bicyclic) bond motifs is 1. The molecule has 1 N–H and O–H groups in total. The Labute approximate surface area is 76.9 Å². The summed E-state index contributed by atoms with van der Waals surface area (Å²) >= 11 is 0. The van der Waals surface area contributed by atoms with Gasteiger partial charge in [-0.1, -0.05) is 6.92 Å². The molecule has 13 heavy (non-hydrogen) atoms. The molecule has 0 fully saturated rings. The van der Waals surface area contributed by atoms with Crippen molar-refractivity contribution in [3.8, 4) is 0 Å². The van der Waals surface area contributed by atoms with Gasteiger partial charge in [0.05, 0.1) is 5.69 Å². The van der Waals surface area contributed by atoms with Crippen molar-refractivity contribution >= 4 is 5.91 Å². The molecule has 1 aliphatic heterocycles. The van der Waals surface area contributed by atoms with E-state index in [0.29, 0.717) is 6.54 Å². The molecule has 0 spiro atoms. The minimum Gasteiger partial charge on any atom is -0.354 e. The van der Waals surface area contributed by atoms with Crippen LogP contribution in [-0.4, -0.2) is 22.2 Å². The van der Waals surface area contributed by atoms with Crippen molar-refractivity contribution in [2.24, 2.45) is 0 Å². The van der Waals surface area contributed by atoms with E-state index in [9.17, 15) is 4.79 Å². The number of carbonyl (C=O) groups is 1. The number of nitrogens with one attached hydrogen (secondary N) is 1. The maximum absolute atomic E-state index is 11.2. The Balaban J connectivity index is 2.31. The van der Waals surface area contributed by atoms with Crippen molar-refractivity contribution in [3.63, 3.8) is 0 Å². The van der Waals surface area contributed by atoms with Crippen molar-refractivity contribution in [1.29, 1.82) is 0 Å². The first-order chi connectivity index (χ1) is 6.29. The molecule has 0 aromatic carbocycles. The summed E-state index contributed by atoms with van der Waals surface area (Å²) in [5.74, 6) is 0.0597. The number of hydrogen-bond donors (Lipinski definition) is 1. The quantitative estimate of drug-likeness (QED) is 0.665. The van der Waals surface area contributed by atoms with Crippen molar-refractivity contribution in [3.05, 3.63) is 17.5 Å². The zero-order valence-electron chi connectivity index (χ0n) is 7.71. The molecule has 0 aliphatic carbocycles. The van der Waals surface area contributed by atoms with Gasteiger partial charge in [0.25, 0.3) is 0 Å². The highest BCUT2D eigenvalue weighted by atomic mass is 16.2. The number of aromatic nitrogens is 2. The number of aryl methyl sites for hydroxylation is 1. The SMILES string of the molecule is CCc1cc2n(n1)CC(=O)NCC2. The lowest BCUT2D eigenvalue weighted by molar-refractivity contribution is -0.121. The molecule has 0 atom stereocenters. The molecule has 1 aromatic rings. The van der Waals surface area contributed by atoms with Gasteiger partial charge in [-0.25, -0.2) is 0 Å². The van der Waals surface area contributed by atoms with Crippen LogP contribution >= 0.6 is 0 Å². The highest BCUT2D eigenvalue weighted by Crippen LogP contribution is 2.07. The molecule has 1 amide bonds. The van der Waals surface area contributed by atoms with Crippen LogP contribution in [0.25, 0.3) is 0 Å². The molecule has 70 valence electrons. The highest BCUT2D eigenvalue weighted by molar-refractivity contribution is 5.76. The number of amides is 1. The van der Waals surface area contributed by atoms with E-state index >= 15 is 0 Å². The van der Waals surface area contributed by atoms with Crippen LogP contribution in [0.1, 0.15) is 18.3 Å². The van der Waals surface area contributed by atoms with Crippen LogP contribution in [0.5, 0.6) is 0 Å². The van der Waals surface area contributed by atoms with Crippen LogP contribution in [0, 0.1) is 0 Å². The zero-order chi connectivity index (χ0) is 9.26. The van der Waals surface area contributed by atoms with Crippen molar-refractivity contribution in [2.75, 3.05) is 6.54 Å². The number of rotatable bonds is 1. The minimum absolute atomic E-state index is 0.0597. The van der Waals surface area contributed by atoms with Crippen LogP contribution in [0.15, 0.2) is 6.07 Å². The fourth-order valence-corrected chi connectivity index (χ4v) is 1.55. The van der Waals surface area contributed by atoms with Gasteiger partial charge in [0.1, 0.15) is 6.54 Å². The van der Waals surface area contributed by atoms with E-state index in [1.807, 2.05) is 0 Å². The molecular weight excluding hydrogens is 166 g/mol. The second-order valence-electron chi connectivity index (χ2n) is 3.24. The first-order valence-corrected chi connectivity index (χ1v) is 4.62. The van der Waals surface area contributed by atoms with Gasteiger partial charge >= 0.3 is 0 Å². The highest BCUT2D eigenvalue weighted by Gasteiger charge is 2.13. The summed E-state index contributed by atoms with van der Waals surface area (Å²) in [7, 11) is 0. The Morgan fingerprint density at radius 2 is 2.54 bits per heavy atom. The van der Waals surface area contributed by atoms with Gasteiger partial charge in [0, 0.05) is 18.7 Å². The Morgan fingerprint density at radius 1 is 1.69 bits per heavy atom. The third-order valence-electron chi connectivity index (χ3n) is 2.27. The average molecular weight is 179 g/mol. The van der Waals surface area contributed by atoms with E-state index in [0.717, 1.165) is 30.8 Å². The molecule has 0 saturated carbocycles. The largest absolute Gasteiger partial charge is 0.354 e. The van der Waals surface area contributed by atoms with Gasteiger partial charge < -0.3 is 5.32 Å². The number of carbonyl (C=O) groups excluding carboxylic acids is 1. The lowest BCUT2D eigenvalue weighted by atomic mass is 10.2. The third kappa shape index (κ3) is 1.56. The van der Waals surface area contributed by atoms with Crippen LogP contribution in [0.2, 0.25) is 0 Å². The summed E-state index contributed by atoms with van der Waals surface area (Å²) in [5, 5.41) is 7.15. The lowest BCUT2D eigenvalue weighted by Gasteiger charge is -1.98. The van der Waals surface area contributed by atoms with Crippen LogP contribution < -0.4 is 5.32 Å². The van der Waals surface area contributed by atoms with Crippen LogP contribution in [0.3, 0.4) is 0 Å². The molecule has 1 aliphatic rings. The summed E-state index contributed by atoms with van der Waals surface area (Å²) < 4.78 is 1.81. The monoisotopic (exact) mass is 179 g/mol. The van der Waals surface area contributed by atoms with E-state index in [1.54, 1.807) is 4.68 Å². The van der Waals surface area contributed by atoms with Gasteiger partial charge in [0.2, 0.25) is 5.91 Å². The Hall–Kier alpha value is -1.32. The molecule has 0 saturated heterocycles. The van der Waals surface area contributed by atoms with E-state index in [-0.39, 0.29) is 5.91 Å². The lowest BCUT2D eigenvalue weighted by Crippen LogP contribution is -2.25. The van der Waals surface area contributed by atoms with Crippen LogP contribution in [-0.2, 0) is 24.2 Å². The van der Waals surface area contributed by atoms with Crippen LogP contribution in [0.4, 0.5) is 0 Å². The molecule has 0 radical (unpaired) electrons. The van der Waals surface area contributed by atoms with E-state index in [2.05, 4.69) is 23.4 Å². The molecular formula is C9H13N3O. The van der Waals surface area contributed by atoms with Gasteiger partial charge in [-0.3, -0.25) is 9.48 Å². The standard InChI is InChI=1S/C9H13N3O/c1-2-7-5-8-3-4-10-9(13)6-12(8)11-7/h5H,2-4,6H2,1H3,(H,10,13). The third-order valence-corrected chi connectivity index (χ3v) is 2.27. The molecule has 2 rings (SSSR count). The molecule has 4 heteroatoms. The summed E-state index contributed by atoms with van der Waals surface area (Å²) in [6, 6.07) is 2.08. The van der Waals surface area contributed by atoms with Crippen molar-refractivity contribution in [2.45, 2.75) is 26.3 Å². The maximum Gasteiger partial charge on any atom is 0.241 e. The topological polar surface area (TPSA) is 46.9 Å². The second kappa shape index (κ2) is 3.20. The fraction of sp³-hybridized carbons (Fsp3) is 0.556. The molecule has 0 unspecified atom stereocenters. The normalized spacial score (nSPS) is 16.2. The zero-order valence-corrected chi connectivity index (χ0v) is 7.71. The Kier molecular flexibility index (Phi) is 2.04. The summed E-state index contributed by atoms with van der Waals surface area (Å²) in [6.07, 6.45) is 1.82. The Morgan fingerprint density at radius 3 is 3.31 bits per heavy atom. The first kappa shape index (κ1) is 8.29. The Bertz CT molecular complexity index is 330. The second-order valence-corrected chi connectivity index (χ2v) is 3.24. The number of hydrogen-bond acceptors (Lipinski definition) is 2. The molecule has 0 bridgehead atoms. The molecule has 1 aromatic heterocycles. The first-order valence-electron chi connectivity index (χ1n) is 4.62. The van der Waals surface area contributed by atoms with Crippen molar-refractivity contribution < 1.29 is 4.79 Å². The number of nitrogens with zero attached hydrogens (tertiary/aromatic N) is 2. The van der Waals surface area contributed by atoms with Crippen molar-refractivity contribution in [1.82, 2.24) is 15.1 Å². The predicted molar refractivity (Wildman–Crippen MR) is 48.3 cm³/mol. The molecule has 2 heterocycles. The fourth-order valence-electron chi connectivity index (χ4n) is 1.55. The van der Waals surface area contributed by atoms with Gasteiger partial charge in [-0.2, -0.15) is 5.10 Å². The van der Waals surface area contributed by atoms with E-state index in [1.165, 1.54) is 0 Å². The van der Waals surface area contributed by atoms with Gasteiger partial charge in [-0.15, -0.1) is 0 Å². The summed E-state index contributed by atoms with van der Waals surface area (Å²) in [4.78, 5) is 11.2. The summed E-state index contributed by atoms with van der Waals surface area (Å²) in [6.45, 7) is 3.17. The average Bonchev–Trinajstić information content (AvgIpc) is 2.41. The van der Waals surface area contributed by atoms with Gasteiger partial charge in [0.15, 0.2) is 0 Å².